The number of nitrogens with one attached hydrogen (secondary N) is 1. The molecule has 0 aliphatic heterocycles. The summed E-state index contributed by atoms with van der Waals surface area (Å²) in [6.07, 6.45) is 5.03. The fourth-order valence-electron chi connectivity index (χ4n) is 3.25. The van der Waals surface area contributed by atoms with Crippen LogP contribution in [0.1, 0.15) is 52.0 Å². The van der Waals surface area contributed by atoms with Crippen LogP contribution in [0.15, 0.2) is 24.3 Å². The summed E-state index contributed by atoms with van der Waals surface area (Å²) in [6, 6.07) is 8.49. The third-order valence-electron chi connectivity index (χ3n) is 4.55. The van der Waals surface area contributed by atoms with Gasteiger partial charge in [0.1, 0.15) is 5.60 Å². The standard InChI is InChI=1S/C19H30BNO3/c1-19(2,3)24-18(22)21-17-11-7-15(8-12-17)13-14-5-9-16(10-6-14)20(4)23/h5-6,9-10,15,17,23H,7-8,11-13H2,1-4H3,(H,21,22). The summed E-state index contributed by atoms with van der Waals surface area (Å²) in [7, 11) is 0. The Labute approximate surface area is 146 Å². The molecule has 0 atom stereocenters. The van der Waals surface area contributed by atoms with Gasteiger partial charge >= 0.3 is 13.0 Å². The molecule has 0 saturated heterocycles. The molecule has 4 nitrogen and oxygen atoms in total. The monoisotopic (exact) mass is 331 g/mol. The average molecular weight is 331 g/mol. The molecule has 0 unspecified atom stereocenters. The van der Waals surface area contributed by atoms with Gasteiger partial charge in [0.05, 0.1) is 0 Å². The summed E-state index contributed by atoms with van der Waals surface area (Å²) in [6.45, 7) is 7.02. The second-order valence-corrected chi connectivity index (χ2v) is 7.99. The minimum absolute atomic E-state index is 0.230. The molecule has 0 radical (unpaired) electrons. The maximum absolute atomic E-state index is 11.8. The van der Waals surface area contributed by atoms with Crippen molar-refractivity contribution in [2.24, 2.45) is 5.92 Å². The summed E-state index contributed by atoms with van der Waals surface area (Å²) in [4.78, 5) is 11.8. The van der Waals surface area contributed by atoms with E-state index in [4.69, 9.17) is 4.74 Å². The number of carbonyl (C=O) groups is 1. The molecule has 1 aromatic carbocycles. The van der Waals surface area contributed by atoms with Crippen molar-refractivity contribution < 1.29 is 14.6 Å². The van der Waals surface area contributed by atoms with E-state index in [1.54, 1.807) is 6.82 Å². The molecule has 1 saturated carbocycles. The van der Waals surface area contributed by atoms with Crippen LogP contribution in [0.25, 0.3) is 0 Å². The number of carbonyl (C=O) groups excluding carboxylic acids is 1. The molecule has 0 spiro atoms. The lowest BCUT2D eigenvalue weighted by Crippen LogP contribution is -2.41. The Morgan fingerprint density at radius 2 is 1.79 bits per heavy atom. The summed E-state index contributed by atoms with van der Waals surface area (Å²) in [5, 5.41) is 12.6. The van der Waals surface area contributed by atoms with Crippen molar-refractivity contribution in [3.63, 3.8) is 0 Å². The minimum atomic E-state index is -0.445. The highest BCUT2D eigenvalue weighted by molar-refractivity contribution is 6.64. The van der Waals surface area contributed by atoms with E-state index in [1.165, 1.54) is 5.56 Å². The van der Waals surface area contributed by atoms with Crippen LogP contribution in [0.2, 0.25) is 6.82 Å². The molecule has 1 aliphatic carbocycles. The zero-order chi connectivity index (χ0) is 17.7. The van der Waals surface area contributed by atoms with E-state index in [0.717, 1.165) is 37.6 Å². The van der Waals surface area contributed by atoms with Gasteiger partial charge in [-0.2, -0.15) is 0 Å². The SMILES string of the molecule is CB(O)c1ccc(CC2CCC(NC(=O)OC(C)(C)C)CC2)cc1. The van der Waals surface area contributed by atoms with Crippen molar-refractivity contribution in [3.05, 3.63) is 29.8 Å². The Balaban J connectivity index is 1.75. The topological polar surface area (TPSA) is 58.6 Å². The van der Waals surface area contributed by atoms with Crippen LogP contribution in [-0.2, 0) is 11.2 Å². The highest BCUT2D eigenvalue weighted by Crippen LogP contribution is 2.27. The van der Waals surface area contributed by atoms with E-state index in [0.29, 0.717) is 5.92 Å². The normalized spacial score (nSPS) is 21.2. The Morgan fingerprint density at radius 3 is 2.29 bits per heavy atom. The lowest BCUT2D eigenvalue weighted by atomic mass is 9.64. The minimum Gasteiger partial charge on any atom is -0.447 e. The molecule has 0 aromatic heterocycles. The summed E-state index contributed by atoms with van der Waals surface area (Å²) < 4.78 is 5.32. The smallest absolute Gasteiger partial charge is 0.407 e. The maximum Gasteiger partial charge on any atom is 0.407 e. The van der Waals surface area contributed by atoms with E-state index in [9.17, 15) is 9.82 Å². The van der Waals surface area contributed by atoms with Gasteiger partial charge in [-0.3, -0.25) is 0 Å². The number of rotatable bonds is 4. The van der Waals surface area contributed by atoms with Crippen LogP contribution in [0, 0.1) is 5.92 Å². The molecule has 2 N–H and O–H groups in total. The van der Waals surface area contributed by atoms with Crippen LogP contribution in [0.5, 0.6) is 0 Å². The van der Waals surface area contributed by atoms with E-state index >= 15 is 0 Å². The molecule has 1 aromatic rings. The van der Waals surface area contributed by atoms with Gasteiger partial charge in [0.25, 0.3) is 0 Å². The number of benzene rings is 1. The molecule has 5 heteroatoms. The molecular weight excluding hydrogens is 301 g/mol. The highest BCUT2D eigenvalue weighted by Gasteiger charge is 2.24. The number of amides is 1. The zero-order valence-corrected chi connectivity index (χ0v) is 15.3. The van der Waals surface area contributed by atoms with Crippen molar-refractivity contribution in [1.29, 1.82) is 0 Å². The van der Waals surface area contributed by atoms with Crippen molar-refractivity contribution in [1.82, 2.24) is 5.32 Å². The second-order valence-electron chi connectivity index (χ2n) is 7.99. The Hall–Kier alpha value is -1.49. The van der Waals surface area contributed by atoms with E-state index in [2.05, 4.69) is 17.4 Å². The molecule has 2 rings (SSSR count). The van der Waals surface area contributed by atoms with Crippen LogP contribution in [0.3, 0.4) is 0 Å². The summed E-state index contributed by atoms with van der Waals surface area (Å²) in [5.41, 5.74) is 1.84. The molecule has 24 heavy (non-hydrogen) atoms. The van der Waals surface area contributed by atoms with Crippen LogP contribution >= 0.6 is 0 Å². The first-order valence-corrected chi connectivity index (χ1v) is 8.99. The van der Waals surface area contributed by atoms with E-state index in [1.807, 2.05) is 32.9 Å². The van der Waals surface area contributed by atoms with Gasteiger partial charge in [0.2, 0.25) is 0 Å². The van der Waals surface area contributed by atoms with Crippen LogP contribution in [0.4, 0.5) is 4.79 Å². The number of ether oxygens (including phenoxy) is 1. The summed E-state index contributed by atoms with van der Waals surface area (Å²) >= 11 is 0. The predicted molar refractivity (Wildman–Crippen MR) is 98.7 cm³/mol. The number of hydrogen-bond acceptors (Lipinski definition) is 3. The van der Waals surface area contributed by atoms with Crippen LogP contribution < -0.4 is 10.8 Å². The van der Waals surface area contributed by atoms with Gasteiger partial charge in [0.15, 0.2) is 0 Å². The second kappa shape index (κ2) is 8.06. The van der Waals surface area contributed by atoms with Gasteiger partial charge < -0.3 is 15.1 Å². The maximum atomic E-state index is 11.8. The van der Waals surface area contributed by atoms with Crippen molar-refractivity contribution in [2.75, 3.05) is 0 Å². The van der Waals surface area contributed by atoms with Gasteiger partial charge in [-0.25, -0.2) is 4.79 Å². The Bertz CT molecular complexity index is 529. The highest BCUT2D eigenvalue weighted by atomic mass is 16.6. The lowest BCUT2D eigenvalue weighted by Gasteiger charge is -2.30. The fourth-order valence-corrected chi connectivity index (χ4v) is 3.25. The van der Waals surface area contributed by atoms with Gasteiger partial charge in [0, 0.05) is 6.04 Å². The molecule has 0 bridgehead atoms. The van der Waals surface area contributed by atoms with Gasteiger partial charge in [-0.15, -0.1) is 0 Å². The number of hydrogen-bond donors (Lipinski definition) is 2. The molecule has 1 amide bonds. The Kier molecular flexibility index (Phi) is 6.33. The van der Waals surface area contributed by atoms with Gasteiger partial charge in [-0.1, -0.05) is 31.1 Å². The van der Waals surface area contributed by atoms with Crippen molar-refractivity contribution in [2.45, 2.75) is 71.3 Å². The third kappa shape index (κ3) is 6.19. The van der Waals surface area contributed by atoms with E-state index < -0.39 is 12.5 Å². The fraction of sp³-hybridized carbons (Fsp3) is 0.632. The lowest BCUT2D eigenvalue weighted by molar-refractivity contribution is 0.0487. The third-order valence-corrected chi connectivity index (χ3v) is 4.55. The number of alkyl carbamates (subject to hydrolysis) is 1. The van der Waals surface area contributed by atoms with Gasteiger partial charge in [-0.05, 0) is 69.8 Å². The molecular formula is C19H30BNO3. The van der Waals surface area contributed by atoms with Crippen molar-refractivity contribution in [3.8, 4) is 0 Å². The largest absolute Gasteiger partial charge is 0.447 e. The zero-order valence-electron chi connectivity index (χ0n) is 15.3. The first kappa shape index (κ1) is 18.8. The van der Waals surface area contributed by atoms with E-state index in [-0.39, 0.29) is 12.1 Å². The predicted octanol–water partition coefficient (Wildman–Crippen LogP) is 3.13. The molecule has 1 fully saturated rings. The quantitative estimate of drug-likeness (QED) is 0.834. The first-order valence-electron chi connectivity index (χ1n) is 8.99. The average Bonchev–Trinajstić information content (AvgIpc) is 2.48. The summed E-state index contributed by atoms with van der Waals surface area (Å²) in [5.74, 6) is 0.666. The van der Waals surface area contributed by atoms with Crippen molar-refractivity contribution >= 4 is 18.5 Å². The Morgan fingerprint density at radius 1 is 1.21 bits per heavy atom. The molecule has 1 aliphatic rings. The molecule has 0 heterocycles. The first-order chi connectivity index (χ1) is 11.2. The van der Waals surface area contributed by atoms with Crippen LogP contribution in [-0.4, -0.2) is 29.7 Å². The molecule has 132 valence electrons.